The van der Waals surface area contributed by atoms with Gasteiger partial charge < -0.3 is 4.74 Å². The van der Waals surface area contributed by atoms with Crippen LogP contribution in [-0.4, -0.2) is 9.91 Å². The van der Waals surface area contributed by atoms with Crippen LogP contribution in [0, 0.1) is 10.1 Å². The summed E-state index contributed by atoms with van der Waals surface area (Å²) in [5.74, 6) is 1.09. The van der Waals surface area contributed by atoms with E-state index in [9.17, 15) is 10.1 Å². The molecule has 0 atom stereocenters. The van der Waals surface area contributed by atoms with E-state index in [-0.39, 0.29) is 5.69 Å². The Hall–Kier alpha value is -2.73. The zero-order valence-corrected chi connectivity index (χ0v) is 14.8. The van der Waals surface area contributed by atoms with E-state index < -0.39 is 4.92 Å². The zero-order valence-electron chi connectivity index (χ0n) is 14.0. The number of hydrogen-bond donors (Lipinski definition) is 0. The molecule has 0 saturated heterocycles. The van der Waals surface area contributed by atoms with Crippen molar-refractivity contribution < 1.29 is 9.66 Å². The van der Waals surface area contributed by atoms with Crippen LogP contribution < -0.4 is 4.74 Å². The highest BCUT2D eigenvalue weighted by Gasteiger charge is 2.08. The minimum atomic E-state index is -0.430. The Labute approximate surface area is 150 Å². The number of aromatic nitrogens is 1. The highest BCUT2D eigenvalue weighted by atomic mass is 32.1. The summed E-state index contributed by atoms with van der Waals surface area (Å²) in [7, 11) is 0. The van der Waals surface area contributed by atoms with Crippen LogP contribution in [0.15, 0.2) is 53.9 Å². The lowest BCUT2D eigenvalue weighted by Crippen LogP contribution is -1.96. The first-order valence-corrected chi connectivity index (χ1v) is 8.83. The summed E-state index contributed by atoms with van der Waals surface area (Å²) in [5, 5.41) is 13.6. The van der Waals surface area contributed by atoms with Crippen molar-refractivity contribution in [1.82, 2.24) is 4.98 Å². The maximum absolute atomic E-state index is 10.6. The number of nitrogens with zero attached hydrogens (tertiary/aromatic N) is 2. The predicted molar refractivity (Wildman–Crippen MR) is 99.1 cm³/mol. The van der Waals surface area contributed by atoms with Gasteiger partial charge in [-0.1, -0.05) is 38.1 Å². The summed E-state index contributed by atoms with van der Waals surface area (Å²) < 4.78 is 5.65. The normalized spacial score (nSPS) is 10.8. The van der Waals surface area contributed by atoms with Crippen molar-refractivity contribution in [2.24, 2.45) is 0 Å². The molecule has 128 valence electrons. The van der Waals surface area contributed by atoms with Crippen molar-refractivity contribution in [3.05, 3.63) is 75.3 Å². The van der Waals surface area contributed by atoms with Crippen LogP contribution in [0.3, 0.4) is 0 Å². The van der Waals surface area contributed by atoms with Crippen molar-refractivity contribution in [3.63, 3.8) is 0 Å². The van der Waals surface area contributed by atoms with Crippen LogP contribution in [0.5, 0.6) is 5.75 Å². The lowest BCUT2D eigenvalue weighted by Gasteiger charge is -2.05. The van der Waals surface area contributed by atoms with E-state index in [0.29, 0.717) is 18.3 Å². The van der Waals surface area contributed by atoms with E-state index in [4.69, 9.17) is 4.74 Å². The van der Waals surface area contributed by atoms with Gasteiger partial charge in [0.2, 0.25) is 0 Å². The molecule has 0 aliphatic carbocycles. The lowest BCUT2D eigenvalue weighted by molar-refractivity contribution is -0.384. The quantitative estimate of drug-likeness (QED) is 0.438. The number of benzene rings is 2. The van der Waals surface area contributed by atoms with Crippen LogP contribution >= 0.6 is 11.3 Å². The van der Waals surface area contributed by atoms with E-state index in [2.05, 4.69) is 43.1 Å². The largest absolute Gasteiger partial charge is 0.487 e. The Morgan fingerprint density at radius 1 is 1.12 bits per heavy atom. The summed E-state index contributed by atoms with van der Waals surface area (Å²) in [6.45, 7) is 4.68. The fourth-order valence-electron chi connectivity index (χ4n) is 2.34. The molecule has 1 heterocycles. The molecule has 0 bridgehead atoms. The number of ether oxygens (including phenoxy) is 1. The maximum Gasteiger partial charge on any atom is 0.269 e. The molecule has 6 heteroatoms. The average Bonchev–Trinajstić information content (AvgIpc) is 3.09. The molecule has 0 spiro atoms. The van der Waals surface area contributed by atoms with Crippen LogP contribution in [-0.2, 0) is 6.61 Å². The molecule has 0 N–H and O–H groups in total. The molecule has 0 amide bonds. The van der Waals surface area contributed by atoms with Crippen LogP contribution in [0.1, 0.15) is 31.0 Å². The first-order chi connectivity index (χ1) is 12.0. The van der Waals surface area contributed by atoms with Gasteiger partial charge in [-0.15, -0.1) is 11.3 Å². The molecule has 0 fully saturated rings. The first kappa shape index (κ1) is 17.1. The van der Waals surface area contributed by atoms with Gasteiger partial charge in [0.05, 0.1) is 10.6 Å². The highest BCUT2D eigenvalue weighted by Crippen LogP contribution is 2.26. The van der Waals surface area contributed by atoms with Crippen LogP contribution in [0.25, 0.3) is 10.6 Å². The summed E-state index contributed by atoms with van der Waals surface area (Å²) in [6, 6.07) is 14.5. The van der Waals surface area contributed by atoms with Crippen molar-refractivity contribution in [3.8, 4) is 16.3 Å². The first-order valence-electron chi connectivity index (χ1n) is 7.95. The zero-order chi connectivity index (χ0) is 17.8. The third-order valence-electron chi connectivity index (χ3n) is 3.81. The van der Waals surface area contributed by atoms with E-state index in [1.807, 2.05) is 5.38 Å². The molecule has 1 aromatic heterocycles. The van der Waals surface area contributed by atoms with Crippen molar-refractivity contribution in [2.45, 2.75) is 26.4 Å². The molecule has 0 saturated carbocycles. The van der Waals surface area contributed by atoms with E-state index in [0.717, 1.165) is 16.3 Å². The third kappa shape index (κ3) is 4.22. The number of hydrogen-bond acceptors (Lipinski definition) is 5. The number of nitro groups is 1. The molecule has 0 radical (unpaired) electrons. The van der Waals surface area contributed by atoms with Gasteiger partial charge in [0.15, 0.2) is 0 Å². The second-order valence-electron chi connectivity index (χ2n) is 5.96. The number of rotatable bonds is 6. The van der Waals surface area contributed by atoms with Gasteiger partial charge in [0, 0.05) is 23.1 Å². The molecular weight excluding hydrogens is 336 g/mol. The van der Waals surface area contributed by atoms with Crippen molar-refractivity contribution >= 4 is 17.0 Å². The average molecular weight is 354 g/mol. The second kappa shape index (κ2) is 7.44. The van der Waals surface area contributed by atoms with Gasteiger partial charge in [-0.05, 0) is 23.6 Å². The minimum absolute atomic E-state index is 0.0492. The molecule has 3 aromatic rings. The fraction of sp³-hybridized carbons (Fsp3) is 0.211. The maximum atomic E-state index is 10.6. The summed E-state index contributed by atoms with van der Waals surface area (Å²) in [5.41, 5.74) is 3.29. The number of nitro benzene ring substituents is 1. The summed E-state index contributed by atoms with van der Waals surface area (Å²) in [6.07, 6.45) is 0. The molecule has 5 nitrogen and oxygen atoms in total. The molecule has 0 unspecified atom stereocenters. The smallest absolute Gasteiger partial charge is 0.269 e. The Morgan fingerprint density at radius 3 is 2.40 bits per heavy atom. The Bertz CT molecular complexity index is 855. The monoisotopic (exact) mass is 354 g/mol. The number of thiazole rings is 1. The Morgan fingerprint density at radius 2 is 1.80 bits per heavy atom. The van der Waals surface area contributed by atoms with Crippen LogP contribution in [0.2, 0.25) is 0 Å². The third-order valence-corrected chi connectivity index (χ3v) is 4.75. The van der Waals surface area contributed by atoms with Crippen molar-refractivity contribution in [2.75, 3.05) is 0 Å². The molecular formula is C19H18N2O3S. The summed E-state index contributed by atoms with van der Waals surface area (Å²) in [4.78, 5) is 14.8. The lowest BCUT2D eigenvalue weighted by atomic mass is 10.0. The van der Waals surface area contributed by atoms with Gasteiger partial charge in [-0.3, -0.25) is 10.1 Å². The van der Waals surface area contributed by atoms with Gasteiger partial charge in [0.1, 0.15) is 17.4 Å². The molecule has 0 aliphatic rings. The highest BCUT2D eigenvalue weighted by molar-refractivity contribution is 7.13. The standard InChI is InChI=1S/C19H18N2O3S/c1-13(2)14-3-5-15(6-4-14)19-20-16(12-25-19)11-24-18-9-7-17(8-10-18)21(22)23/h3-10,12-13H,11H2,1-2H3. The van der Waals surface area contributed by atoms with Gasteiger partial charge in [0.25, 0.3) is 5.69 Å². The second-order valence-corrected chi connectivity index (χ2v) is 6.82. The fourth-order valence-corrected chi connectivity index (χ4v) is 3.15. The van der Waals surface area contributed by atoms with Gasteiger partial charge >= 0.3 is 0 Å². The topological polar surface area (TPSA) is 65.3 Å². The minimum Gasteiger partial charge on any atom is -0.487 e. The Kier molecular flexibility index (Phi) is 5.09. The van der Waals surface area contributed by atoms with Gasteiger partial charge in [-0.2, -0.15) is 0 Å². The molecule has 2 aromatic carbocycles. The Balaban J connectivity index is 1.64. The number of non-ortho nitro benzene ring substituents is 1. The molecule has 3 rings (SSSR count). The molecule has 0 aliphatic heterocycles. The predicted octanol–water partition coefficient (Wildman–Crippen LogP) is 5.42. The summed E-state index contributed by atoms with van der Waals surface area (Å²) >= 11 is 1.58. The SMILES string of the molecule is CC(C)c1ccc(-c2nc(COc3ccc([N+](=O)[O-])cc3)cs2)cc1. The van der Waals surface area contributed by atoms with E-state index >= 15 is 0 Å². The van der Waals surface area contributed by atoms with E-state index in [1.54, 1.807) is 23.5 Å². The van der Waals surface area contributed by atoms with Crippen LogP contribution in [0.4, 0.5) is 5.69 Å². The van der Waals surface area contributed by atoms with E-state index in [1.165, 1.54) is 17.7 Å². The van der Waals surface area contributed by atoms with Gasteiger partial charge in [-0.25, -0.2) is 4.98 Å². The van der Waals surface area contributed by atoms with Crippen molar-refractivity contribution in [1.29, 1.82) is 0 Å². The molecule has 25 heavy (non-hydrogen) atoms.